The van der Waals surface area contributed by atoms with Crippen molar-refractivity contribution in [3.63, 3.8) is 0 Å². The quantitative estimate of drug-likeness (QED) is 0.854. The van der Waals surface area contributed by atoms with Crippen LogP contribution in [0.5, 0.6) is 0 Å². The van der Waals surface area contributed by atoms with Gasteiger partial charge >= 0.3 is 0 Å². The van der Waals surface area contributed by atoms with Crippen LogP contribution in [-0.2, 0) is 9.47 Å². The number of pyridine rings is 1. The molecule has 1 fully saturated rings. The predicted molar refractivity (Wildman–Crippen MR) is 73.8 cm³/mol. The number of hydrogen-bond donors (Lipinski definition) is 1. The first-order chi connectivity index (χ1) is 9.17. The highest BCUT2D eigenvalue weighted by atomic mass is 16.5. The average molecular weight is 265 g/mol. The van der Waals surface area contributed by atoms with Crippen LogP contribution in [0.1, 0.15) is 18.5 Å². The van der Waals surface area contributed by atoms with E-state index in [9.17, 15) is 0 Å². The van der Waals surface area contributed by atoms with Gasteiger partial charge in [-0.25, -0.2) is 0 Å². The van der Waals surface area contributed by atoms with Gasteiger partial charge in [0.2, 0.25) is 0 Å². The predicted octanol–water partition coefficient (Wildman–Crippen LogP) is 0.816. The van der Waals surface area contributed by atoms with Crippen LogP contribution in [0.15, 0.2) is 24.5 Å². The summed E-state index contributed by atoms with van der Waals surface area (Å²) in [5, 5.41) is 0. The molecule has 0 amide bonds. The van der Waals surface area contributed by atoms with E-state index in [-0.39, 0.29) is 24.3 Å². The summed E-state index contributed by atoms with van der Waals surface area (Å²) < 4.78 is 11.0. The Morgan fingerprint density at radius 2 is 1.74 bits per heavy atom. The van der Waals surface area contributed by atoms with Gasteiger partial charge in [0.15, 0.2) is 0 Å². The van der Waals surface area contributed by atoms with Crippen LogP contribution < -0.4 is 5.73 Å². The van der Waals surface area contributed by atoms with E-state index in [1.54, 1.807) is 14.2 Å². The van der Waals surface area contributed by atoms with Gasteiger partial charge in [-0.3, -0.25) is 9.88 Å². The molecule has 2 heterocycles. The van der Waals surface area contributed by atoms with E-state index in [1.807, 2.05) is 31.5 Å². The molecule has 0 bridgehead atoms. The largest absolute Gasteiger partial charge is 0.377 e. The van der Waals surface area contributed by atoms with E-state index in [1.165, 1.54) is 5.56 Å². The van der Waals surface area contributed by atoms with Gasteiger partial charge in [0.25, 0.3) is 0 Å². The highest BCUT2D eigenvalue weighted by Crippen LogP contribution is 2.28. The first-order valence-electron chi connectivity index (χ1n) is 6.62. The zero-order valence-electron chi connectivity index (χ0n) is 11.8. The Morgan fingerprint density at radius 3 is 2.16 bits per heavy atom. The molecule has 5 nitrogen and oxygen atoms in total. The molecule has 1 aliphatic heterocycles. The number of ether oxygens (including phenoxy) is 2. The molecular weight excluding hydrogens is 242 g/mol. The first-order valence-corrected chi connectivity index (χ1v) is 6.62. The van der Waals surface area contributed by atoms with Crippen LogP contribution in [0.25, 0.3) is 0 Å². The summed E-state index contributed by atoms with van der Waals surface area (Å²) in [7, 11) is 3.46. The second-order valence-corrected chi connectivity index (χ2v) is 5.09. The van der Waals surface area contributed by atoms with E-state index >= 15 is 0 Å². The van der Waals surface area contributed by atoms with Crippen LogP contribution in [0.3, 0.4) is 0 Å². The van der Waals surface area contributed by atoms with E-state index < -0.39 is 0 Å². The summed E-state index contributed by atoms with van der Waals surface area (Å²) in [6.45, 7) is 3.71. The lowest BCUT2D eigenvalue weighted by molar-refractivity contribution is -0.00461. The second kappa shape index (κ2) is 6.43. The fraction of sp³-hybridized carbons (Fsp3) is 0.643. The fourth-order valence-corrected chi connectivity index (χ4v) is 2.86. The van der Waals surface area contributed by atoms with Crippen LogP contribution in [0, 0.1) is 0 Å². The van der Waals surface area contributed by atoms with E-state index in [4.69, 9.17) is 15.2 Å². The van der Waals surface area contributed by atoms with Crippen LogP contribution >= 0.6 is 0 Å². The molecule has 0 spiro atoms. The van der Waals surface area contributed by atoms with Crippen molar-refractivity contribution in [1.29, 1.82) is 0 Å². The summed E-state index contributed by atoms with van der Waals surface area (Å²) >= 11 is 0. The molecule has 0 saturated carbocycles. The summed E-state index contributed by atoms with van der Waals surface area (Å²) in [4.78, 5) is 6.40. The molecule has 1 saturated heterocycles. The number of aromatic nitrogens is 1. The van der Waals surface area contributed by atoms with Crippen LogP contribution in [0.2, 0.25) is 0 Å². The van der Waals surface area contributed by atoms with Crippen molar-refractivity contribution in [2.45, 2.75) is 31.2 Å². The van der Waals surface area contributed by atoms with Gasteiger partial charge in [-0.05, 0) is 24.6 Å². The molecule has 0 aliphatic carbocycles. The highest BCUT2D eigenvalue weighted by molar-refractivity contribution is 5.18. The van der Waals surface area contributed by atoms with Crippen molar-refractivity contribution in [1.82, 2.24) is 9.88 Å². The Kier molecular flexibility index (Phi) is 4.87. The smallest absolute Gasteiger partial charge is 0.0972 e. The topological polar surface area (TPSA) is 60.6 Å². The highest BCUT2D eigenvalue weighted by Gasteiger charge is 2.38. The molecule has 4 atom stereocenters. The lowest BCUT2D eigenvalue weighted by Gasteiger charge is -2.31. The minimum atomic E-state index is 0.0375. The summed E-state index contributed by atoms with van der Waals surface area (Å²) in [5.41, 5.74) is 7.37. The molecule has 2 rings (SSSR count). The van der Waals surface area contributed by atoms with Gasteiger partial charge in [0.1, 0.15) is 0 Å². The van der Waals surface area contributed by atoms with Gasteiger partial charge in [0, 0.05) is 51.8 Å². The Labute approximate surface area is 114 Å². The molecule has 106 valence electrons. The number of hydrogen-bond acceptors (Lipinski definition) is 5. The summed E-state index contributed by atoms with van der Waals surface area (Å²) in [6, 6.07) is 4.25. The van der Waals surface area contributed by atoms with Gasteiger partial charge in [-0.2, -0.15) is 0 Å². The van der Waals surface area contributed by atoms with Crippen molar-refractivity contribution >= 4 is 0 Å². The van der Waals surface area contributed by atoms with Crippen LogP contribution in [-0.4, -0.2) is 55.4 Å². The maximum atomic E-state index is 6.18. The zero-order valence-corrected chi connectivity index (χ0v) is 11.8. The van der Waals surface area contributed by atoms with Crippen molar-refractivity contribution < 1.29 is 9.47 Å². The Hall–Kier alpha value is -1.01. The minimum absolute atomic E-state index is 0.0375. The van der Waals surface area contributed by atoms with E-state index in [2.05, 4.69) is 9.88 Å². The molecule has 1 aromatic heterocycles. The molecular formula is C14H23N3O2. The Bertz CT molecular complexity index is 374. The molecule has 2 N–H and O–H groups in total. The average Bonchev–Trinajstić information content (AvgIpc) is 2.82. The van der Waals surface area contributed by atoms with Crippen molar-refractivity contribution in [3.05, 3.63) is 30.1 Å². The first kappa shape index (κ1) is 14.4. The van der Waals surface area contributed by atoms with Gasteiger partial charge in [-0.1, -0.05) is 0 Å². The number of rotatable bonds is 5. The Balaban J connectivity index is 2.18. The van der Waals surface area contributed by atoms with Crippen molar-refractivity contribution in [2.75, 3.05) is 27.3 Å². The zero-order chi connectivity index (χ0) is 13.8. The van der Waals surface area contributed by atoms with Gasteiger partial charge in [0.05, 0.1) is 12.2 Å². The number of nitrogens with zero attached hydrogens (tertiary/aromatic N) is 2. The SMILES string of the molecule is COC1CN(C(c2ccncc2)C(C)N)CC1OC. The molecule has 1 aliphatic rings. The third-order valence-corrected chi connectivity index (χ3v) is 3.79. The van der Waals surface area contributed by atoms with Gasteiger partial charge < -0.3 is 15.2 Å². The molecule has 5 heteroatoms. The summed E-state index contributed by atoms with van der Waals surface area (Å²) in [5.74, 6) is 0. The maximum Gasteiger partial charge on any atom is 0.0972 e. The fourth-order valence-electron chi connectivity index (χ4n) is 2.86. The molecule has 0 aromatic carbocycles. The molecule has 1 aromatic rings. The normalized spacial score (nSPS) is 27.4. The standard InChI is InChI=1S/C14H23N3O2/c1-10(15)14(11-4-6-16-7-5-11)17-8-12(18-2)13(9-17)19-3/h4-7,10,12-14H,8-9,15H2,1-3H3. The number of methoxy groups -OCH3 is 2. The van der Waals surface area contributed by atoms with Crippen molar-refractivity contribution in [3.8, 4) is 0 Å². The third kappa shape index (κ3) is 3.12. The van der Waals surface area contributed by atoms with Crippen LogP contribution in [0.4, 0.5) is 0 Å². The Morgan fingerprint density at radius 1 is 1.21 bits per heavy atom. The number of nitrogens with two attached hydrogens (primary N) is 1. The lowest BCUT2D eigenvalue weighted by atomic mass is 10.0. The third-order valence-electron chi connectivity index (χ3n) is 3.79. The number of likely N-dealkylation sites (tertiary alicyclic amines) is 1. The summed E-state index contributed by atoms with van der Waals surface area (Å²) in [6.07, 6.45) is 3.83. The lowest BCUT2D eigenvalue weighted by Crippen LogP contribution is -2.39. The monoisotopic (exact) mass is 265 g/mol. The molecule has 19 heavy (non-hydrogen) atoms. The van der Waals surface area contributed by atoms with E-state index in [0.717, 1.165) is 13.1 Å². The van der Waals surface area contributed by atoms with Gasteiger partial charge in [-0.15, -0.1) is 0 Å². The minimum Gasteiger partial charge on any atom is -0.377 e. The molecule has 4 unspecified atom stereocenters. The van der Waals surface area contributed by atoms with Crippen molar-refractivity contribution in [2.24, 2.45) is 5.73 Å². The maximum absolute atomic E-state index is 6.18. The molecule has 0 radical (unpaired) electrons. The van der Waals surface area contributed by atoms with E-state index in [0.29, 0.717) is 0 Å². The second-order valence-electron chi connectivity index (χ2n) is 5.09.